The van der Waals surface area contributed by atoms with Gasteiger partial charge in [0.05, 0.1) is 37.0 Å². The maximum atomic E-state index is 12.6. The molecule has 2 N–H and O–H groups in total. The zero-order valence-corrected chi connectivity index (χ0v) is 26.7. The summed E-state index contributed by atoms with van der Waals surface area (Å²) in [5.74, 6) is -0.546. The number of nitrogens with one attached hydrogen (secondary N) is 2. The van der Waals surface area contributed by atoms with Crippen LogP contribution in [0, 0.1) is 0 Å². The number of sulfonamides is 2. The summed E-state index contributed by atoms with van der Waals surface area (Å²) in [7, 11) is -7.01. The number of hydrogen-bond acceptors (Lipinski definition) is 6. The molecule has 0 spiro atoms. The standard InChI is InChI=1S/C33H36N4O6S2/c1-44(40,41)36(30-10-5-3-6-11-30)24-26-14-18-28(19-15-26)32(38)34-22-9-23-35-33(39)29-20-16-27(17-21-29)25-37(45(2,42)43)31-12-7-4-8-13-31/h3-8,10-21H,9,22-25H2,1-2H3,(H,34,38)(H,35,39). The van der Waals surface area contributed by atoms with Gasteiger partial charge >= 0.3 is 0 Å². The highest BCUT2D eigenvalue weighted by Gasteiger charge is 2.19. The third-order valence-electron chi connectivity index (χ3n) is 6.90. The Bertz CT molecular complexity index is 1660. The summed E-state index contributed by atoms with van der Waals surface area (Å²) in [6, 6.07) is 31.1. The van der Waals surface area contributed by atoms with E-state index in [4.69, 9.17) is 0 Å². The average molecular weight is 649 g/mol. The fourth-order valence-corrected chi connectivity index (χ4v) is 6.32. The van der Waals surface area contributed by atoms with E-state index >= 15 is 0 Å². The molecule has 45 heavy (non-hydrogen) atoms. The molecule has 0 atom stereocenters. The Labute approximate surface area is 264 Å². The molecule has 4 rings (SSSR count). The van der Waals surface area contributed by atoms with Crippen molar-refractivity contribution in [1.82, 2.24) is 10.6 Å². The third kappa shape index (κ3) is 9.65. The van der Waals surface area contributed by atoms with Crippen LogP contribution in [-0.4, -0.2) is 54.3 Å². The van der Waals surface area contributed by atoms with Crippen LogP contribution in [0.25, 0.3) is 0 Å². The molecular weight excluding hydrogens is 613 g/mol. The molecule has 4 aromatic carbocycles. The van der Waals surface area contributed by atoms with Crippen molar-refractivity contribution in [2.45, 2.75) is 19.5 Å². The molecule has 2 amide bonds. The molecule has 0 aliphatic carbocycles. The first-order valence-electron chi connectivity index (χ1n) is 14.2. The number of benzene rings is 4. The maximum Gasteiger partial charge on any atom is 0.251 e. The summed E-state index contributed by atoms with van der Waals surface area (Å²) >= 11 is 0. The van der Waals surface area contributed by atoms with Crippen LogP contribution in [-0.2, 0) is 33.1 Å². The largest absolute Gasteiger partial charge is 0.352 e. The second-order valence-electron chi connectivity index (χ2n) is 10.5. The number of nitrogens with zero attached hydrogens (tertiary/aromatic N) is 2. The maximum absolute atomic E-state index is 12.6. The average Bonchev–Trinajstić information content (AvgIpc) is 3.02. The minimum Gasteiger partial charge on any atom is -0.352 e. The van der Waals surface area contributed by atoms with Crippen LogP contribution >= 0.6 is 0 Å². The molecule has 4 aromatic rings. The normalized spacial score (nSPS) is 11.4. The van der Waals surface area contributed by atoms with Crippen molar-refractivity contribution in [1.29, 1.82) is 0 Å². The second-order valence-corrected chi connectivity index (χ2v) is 14.3. The smallest absolute Gasteiger partial charge is 0.251 e. The van der Waals surface area contributed by atoms with Gasteiger partial charge in [0.25, 0.3) is 11.8 Å². The van der Waals surface area contributed by atoms with Crippen molar-refractivity contribution in [3.8, 4) is 0 Å². The van der Waals surface area contributed by atoms with Crippen LogP contribution in [0.15, 0.2) is 109 Å². The fraction of sp³-hybridized carbons (Fsp3) is 0.212. The van der Waals surface area contributed by atoms with Crippen LogP contribution in [0.5, 0.6) is 0 Å². The lowest BCUT2D eigenvalue weighted by Gasteiger charge is -2.22. The first-order chi connectivity index (χ1) is 21.4. The minimum atomic E-state index is -3.50. The molecular formula is C33H36N4O6S2. The van der Waals surface area contributed by atoms with Gasteiger partial charge in [-0.3, -0.25) is 18.2 Å². The number of anilines is 2. The number of hydrogen-bond donors (Lipinski definition) is 2. The van der Waals surface area contributed by atoms with Crippen molar-refractivity contribution >= 4 is 43.2 Å². The predicted molar refractivity (Wildman–Crippen MR) is 177 cm³/mol. The number of para-hydroxylation sites is 2. The first-order valence-corrected chi connectivity index (χ1v) is 17.9. The summed E-state index contributed by atoms with van der Waals surface area (Å²) in [5, 5.41) is 5.65. The monoisotopic (exact) mass is 648 g/mol. The predicted octanol–water partition coefficient (Wildman–Crippen LogP) is 4.17. The summed E-state index contributed by atoms with van der Waals surface area (Å²) < 4.78 is 52.0. The fourth-order valence-electron chi connectivity index (χ4n) is 4.54. The van der Waals surface area contributed by atoms with Crippen molar-refractivity contribution in [3.05, 3.63) is 131 Å². The topological polar surface area (TPSA) is 133 Å². The van der Waals surface area contributed by atoms with Crippen molar-refractivity contribution < 1.29 is 26.4 Å². The van der Waals surface area contributed by atoms with Crippen LogP contribution in [0.2, 0.25) is 0 Å². The summed E-state index contributed by atoms with van der Waals surface area (Å²) in [6.45, 7) is 0.965. The lowest BCUT2D eigenvalue weighted by molar-refractivity contribution is 0.0951. The Balaban J connectivity index is 1.22. The SMILES string of the molecule is CS(=O)(=O)N(Cc1ccc(C(=O)NCCCNC(=O)c2ccc(CN(c3ccccc3)S(C)(=O)=O)cc2)cc1)c1ccccc1. The van der Waals surface area contributed by atoms with Crippen LogP contribution < -0.4 is 19.2 Å². The van der Waals surface area contributed by atoms with Crippen LogP contribution in [0.4, 0.5) is 11.4 Å². The molecule has 0 aromatic heterocycles. The van der Waals surface area contributed by atoms with Gasteiger partial charge in [-0.1, -0.05) is 60.7 Å². The van der Waals surface area contributed by atoms with Crippen molar-refractivity contribution in [2.75, 3.05) is 34.2 Å². The molecule has 0 fully saturated rings. The number of carbonyl (C=O) groups is 2. The van der Waals surface area contributed by atoms with Gasteiger partial charge in [0.2, 0.25) is 20.0 Å². The molecule has 0 aliphatic rings. The number of carbonyl (C=O) groups excluding carboxylic acids is 2. The third-order valence-corrected chi connectivity index (χ3v) is 9.18. The molecule has 0 saturated carbocycles. The lowest BCUT2D eigenvalue weighted by Crippen LogP contribution is -2.30. The number of rotatable bonds is 14. The highest BCUT2D eigenvalue weighted by Crippen LogP contribution is 2.21. The van der Waals surface area contributed by atoms with Gasteiger partial charge in [-0.15, -0.1) is 0 Å². The van der Waals surface area contributed by atoms with Gasteiger partial charge in [-0.25, -0.2) is 16.8 Å². The van der Waals surface area contributed by atoms with E-state index in [0.29, 0.717) is 42.0 Å². The highest BCUT2D eigenvalue weighted by molar-refractivity contribution is 7.92. The zero-order chi connectivity index (χ0) is 32.5. The van der Waals surface area contributed by atoms with E-state index in [1.54, 1.807) is 97.1 Å². The van der Waals surface area contributed by atoms with Crippen molar-refractivity contribution in [2.24, 2.45) is 0 Å². The molecule has 10 nitrogen and oxygen atoms in total. The Morgan fingerprint density at radius 1 is 0.533 bits per heavy atom. The first kappa shape index (κ1) is 33.2. The van der Waals surface area contributed by atoms with Gasteiger partial charge in [0.1, 0.15) is 0 Å². The summed E-state index contributed by atoms with van der Waals surface area (Å²) in [5.41, 5.74) is 3.47. The molecule has 0 unspecified atom stereocenters. The molecule has 0 bridgehead atoms. The Morgan fingerprint density at radius 3 is 1.18 bits per heavy atom. The lowest BCUT2D eigenvalue weighted by atomic mass is 10.1. The summed E-state index contributed by atoms with van der Waals surface area (Å²) in [4.78, 5) is 25.2. The Hall–Kier alpha value is -4.68. The van der Waals surface area contributed by atoms with Gasteiger partial charge in [-0.05, 0) is 66.1 Å². The molecule has 0 heterocycles. The molecule has 0 aliphatic heterocycles. The minimum absolute atomic E-state index is 0.139. The Kier molecular flexibility index (Phi) is 11.0. The van der Waals surface area contributed by atoms with Crippen LogP contribution in [0.1, 0.15) is 38.3 Å². The van der Waals surface area contributed by atoms with Gasteiger partial charge < -0.3 is 10.6 Å². The molecule has 12 heteroatoms. The summed E-state index contributed by atoms with van der Waals surface area (Å²) in [6.07, 6.45) is 2.82. The molecule has 236 valence electrons. The highest BCUT2D eigenvalue weighted by atomic mass is 32.2. The Morgan fingerprint density at radius 2 is 0.867 bits per heavy atom. The van der Waals surface area contributed by atoms with E-state index < -0.39 is 20.0 Å². The van der Waals surface area contributed by atoms with E-state index in [0.717, 1.165) is 23.6 Å². The van der Waals surface area contributed by atoms with E-state index in [1.807, 2.05) is 12.1 Å². The van der Waals surface area contributed by atoms with E-state index in [9.17, 15) is 26.4 Å². The van der Waals surface area contributed by atoms with E-state index in [2.05, 4.69) is 10.6 Å². The van der Waals surface area contributed by atoms with E-state index in [1.165, 1.54) is 8.61 Å². The zero-order valence-electron chi connectivity index (χ0n) is 25.1. The van der Waals surface area contributed by atoms with Gasteiger partial charge in [0, 0.05) is 24.2 Å². The molecule has 0 radical (unpaired) electrons. The van der Waals surface area contributed by atoms with Gasteiger partial charge in [0.15, 0.2) is 0 Å². The number of amides is 2. The van der Waals surface area contributed by atoms with Crippen LogP contribution in [0.3, 0.4) is 0 Å². The molecule has 0 saturated heterocycles. The quantitative estimate of drug-likeness (QED) is 0.197. The second kappa shape index (κ2) is 14.9. The van der Waals surface area contributed by atoms with Crippen molar-refractivity contribution in [3.63, 3.8) is 0 Å². The van der Waals surface area contributed by atoms with E-state index in [-0.39, 0.29) is 24.9 Å². The van der Waals surface area contributed by atoms with Gasteiger partial charge in [-0.2, -0.15) is 0 Å².